The summed E-state index contributed by atoms with van der Waals surface area (Å²) in [6.07, 6.45) is 0. The number of sulfonamides is 1. The van der Waals surface area contributed by atoms with Crippen LogP contribution in [-0.2, 0) is 26.2 Å². The van der Waals surface area contributed by atoms with E-state index in [-0.39, 0.29) is 23.3 Å². The molecule has 1 atom stereocenters. The molecule has 1 N–H and O–H groups in total. The van der Waals surface area contributed by atoms with E-state index in [1.54, 1.807) is 50.2 Å². The lowest BCUT2D eigenvalue weighted by molar-refractivity contribution is -0.139. The topological polar surface area (TPSA) is 86.8 Å². The van der Waals surface area contributed by atoms with Crippen molar-refractivity contribution in [2.75, 3.05) is 17.4 Å². The summed E-state index contributed by atoms with van der Waals surface area (Å²) in [5.41, 5.74) is 1.61. The lowest BCUT2D eigenvalue weighted by Gasteiger charge is -2.32. The van der Waals surface area contributed by atoms with Crippen molar-refractivity contribution in [1.29, 1.82) is 0 Å². The number of anilines is 1. The van der Waals surface area contributed by atoms with E-state index in [1.807, 2.05) is 38.1 Å². The largest absolute Gasteiger partial charge is 0.354 e. The van der Waals surface area contributed by atoms with Gasteiger partial charge in [0.2, 0.25) is 11.8 Å². The van der Waals surface area contributed by atoms with Gasteiger partial charge in [-0.1, -0.05) is 77.8 Å². The Morgan fingerprint density at radius 3 is 2.21 bits per heavy atom. The third kappa shape index (κ3) is 7.84. The van der Waals surface area contributed by atoms with Gasteiger partial charge in [-0.2, -0.15) is 0 Å². The normalized spacial score (nSPS) is 12.2. The first-order valence-corrected chi connectivity index (χ1v) is 15.2. The molecule has 0 aromatic heterocycles. The van der Waals surface area contributed by atoms with Crippen molar-refractivity contribution in [3.05, 3.63) is 93.4 Å². The zero-order valence-electron chi connectivity index (χ0n) is 22.4. The van der Waals surface area contributed by atoms with E-state index in [0.29, 0.717) is 22.8 Å². The van der Waals surface area contributed by atoms with Crippen molar-refractivity contribution in [3.8, 4) is 0 Å². The van der Waals surface area contributed by atoms with Crippen LogP contribution in [0.2, 0.25) is 5.02 Å². The average Bonchev–Trinajstić information content (AvgIpc) is 2.91. The number of nitrogens with zero attached hydrogens (tertiary/aromatic N) is 2. The van der Waals surface area contributed by atoms with Gasteiger partial charge >= 0.3 is 0 Å². The highest BCUT2D eigenvalue weighted by atomic mass is 79.9. The first kappa shape index (κ1) is 30.7. The second-order valence-corrected chi connectivity index (χ2v) is 12.9. The van der Waals surface area contributed by atoms with Crippen LogP contribution in [0.15, 0.2) is 82.2 Å². The maximum absolute atomic E-state index is 14.0. The lowest BCUT2D eigenvalue weighted by atomic mass is 10.1. The van der Waals surface area contributed by atoms with Gasteiger partial charge in [0.15, 0.2) is 0 Å². The Labute approximate surface area is 244 Å². The monoisotopic (exact) mass is 633 g/mol. The van der Waals surface area contributed by atoms with Crippen LogP contribution in [0.5, 0.6) is 0 Å². The third-order valence-corrected chi connectivity index (χ3v) is 8.95. The van der Waals surface area contributed by atoms with Gasteiger partial charge in [0.05, 0.1) is 10.6 Å². The number of amides is 2. The molecule has 3 aromatic carbocycles. The number of hydrogen-bond acceptors (Lipinski definition) is 4. The first-order valence-electron chi connectivity index (χ1n) is 12.6. The predicted molar refractivity (Wildman–Crippen MR) is 159 cm³/mol. The molecule has 0 aliphatic rings. The van der Waals surface area contributed by atoms with E-state index in [9.17, 15) is 18.0 Å². The lowest BCUT2D eigenvalue weighted by Crippen LogP contribution is -2.51. The highest BCUT2D eigenvalue weighted by molar-refractivity contribution is 9.10. The zero-order chi connectivity index (χ0) is 28.7. The predicted octanol–water partition coefficient (Wildman–Crippen LogP) is 5.80. The number of rotatable bonds is 11. The molecule has 0 aliphatic heterocycles. The van der Waals surface area contributed by atoms with Gasteiger partial charge in [-0.25, -0.2) is 8.42 Å². The molecule has 0 saturated heterocycles. The molecule has 2 amide bonds. The molecule has 7 nitrogen and oxygen atoms in total. The van der Waals surface area contributed by atoms with Crippen molar-refractivity contribution >= 4 is 55.1 Å². The number of carbonyl (C=O) groups excluding carboxylic acids is 2. The summed E-state index contributed by atoms with van der Waals surface area (Å²) in [5, 5.41) is 3.26. The molecule has 3 rings (SSSR count). The molecule has 0 fully saturated rings. The summed E-state index contributed by atoms with van der Waals surface area (Å²) >= 11 is 9.77. The van der Waals surface area contributed by atoms with Gasteiger partial charge in [0.25, 0.3) is 10.0 Å². The van der Waals surface area contributed by atoms with Crippen molar-refractivity contribution in [2.45, 2.75) is 45.2 Å². The molecule has 0 saturated carbocycles. The fourth-order valence-electron chi connectivity index (χ4n) is 3.92. The molecular formula is C29H33BrClN3O4S. The van der Waals surface area contributed by atoms with Gasteiger partial charge in [0.1, 0.15) is 12.6 Å². The van der Waals surface area contributed by atoms with E-state index >= 15 is 0 Å². The van der Waals surface area contributed by atoms with Gasteiger partial charge in [-0.15, -0.1) is 0 Å². The van der Waals surface area contributed by atoms with E-state index in [0.717, 1.165) is 14.3 Å². The fraction of sp³-hybridized carbons (Fsp3) is 0.310. The molecule has 0 radical (unpaired) electrons. The van der Waals surface area contributed by atoms with Crippen molar-refractivity contribution < 1.29 is 18.0 Å². The minimum atomic E-state index is -4.15. The summed E-state index contributed by atoms with van der Waals surface area (Å²) in [6, 6.07) is 19.4. The SMILES string of the molecule is Cc1c(Cl)cccc1N(CC(=O)N(Cc1ccc(Br)cc1)[C@@H](C)C(=O)NCC(C)C)S(=O)(=O)c1ccccc1. The van der Waals surface area contributed by atoms with Crippen LogP contribution in [0.4, 0.5) is 5.69 Å². The van der Waals surface area contributed by atoms with Crippen LogP contribution in [0.25, 0.3) is 0 Å². The van der Waals surface area contributed by atoms with Crippen LogP contribution in [-0.4, -0.2) is 44.3 Å². The summed E-state index contributed by atoms with van der Waals surface area (Å²) in [6.45, 7) is 7.38. The molecule has 0 bridgehead atoms. The number of nitrogens with one attached hydrogen (secondary N) is 1. The van der Waals surface area contributed by atoms with Gasteiger partial charge < -0.3 is 10.2 Å². The van der Waals surface area contributed by atoms with Crippen LogP contribution in [0.1, 0.15) is 31.9 Å². The average molecular weight is 635 g/mol. The minimum absolute atomic E-state index is 0.0411. The Morgan fingerprint density at radius 2 is 1.59 bits per heavy atom. The Morgan fingerprint density at radius 1 is 0.949 bits per heavy atom. The fourth-order valence-corrected chi connectivity index (χ4v) is 5.85. The second kappa shape index (κ2) is 13.5. The summed E-state index contributed by atoms with van der Waals surface area (Å²) in [5.74, 6) is -0.608. The van der Waals surface area contributed by atoms with Crippen LogP contribution in [0, 0.1) is 12.8 Å². The molecule has 0 heterocycles. The van der Waals surface area contributed by atoms with E-state index in [1.165, 1.54) is 17.0 Å². The summed E-state index contributed by atoms with van der Waals surface area (Å²) in [4.78, 5) is 28.5. The number of hydrogen-bond donors (Lipinski definition) is 1. The third-order valence-electron chi connectivity index (χ3n) is 6.24. The van der Waals surface area contributed by atoms with Gasteiger partial charge in [-0.05, 0) is 67.3 Å². The number of benzene rings is 3. The Bertz CT molecular complexity index is 1400. The van der Waals surface area contributed by atoms with Crippen LogP contribution in [0.3, 0.4) is 0 Å². The van der Waals surface area contributed by atoms with Crippen LogP contribution >= 0.6 is 27.5 Å². The molecule has 10 heteroatoms. The summed E-state index contributed by atoms with van der Waals surface area (Å²) in [7, 11) is -4.15. The van der Waals surface area contributed by atoms with Gasteiger partial charge in [-0.3, -0.25) is 13.9 Å². The molecule has 3 aromatic rings. The van der Waals surface area contributed by atoms with Crippen molar-refractivity contribution in [2.24, 2.45) is 5.92 Å². The molecule has 0 spiro atoms. The summed E-state index contributed by atoms with van der Waals surface area (Å²) < 4.78 is 29.7. The molecule has 0 unspecified atom stereocenters. The van der Waals surface area contributed by atoms with E-state index < -0.39 is 28.5 Å². The zero-order valence-corrected chi connectivity index (χ0v) is 25.6. The second-order valence-electron chi connectivity index (χ2n) is 9.67. The molecule has 39 heavy (non-hydrogen) atoms. The highest BCUT2D eigenvalue weighted by Gasteiger charge is 2.33. The van der Waals surface area contributed by atoms with Crippen molar-refractivity contribution in [1.82, 2.24) is 10.2 Å². The molecular weight excluding hydrogens is 602 g/mol. The smallest absolute Gasteiger partial charge is 0.264 e. The molecule has 208 valence electrons. The van der Waals surface area contributed by atoms with Crippen LogP contribution < -0.4 is 9.62 Å². The number of halogens is 2. The van der Waals surface area contributed by atoms with Crippen molar-refractivity contribution in [3.63, 3.8) is 0 Å². The van der Waals surface area contributed by atoms with E-state index in [2.05, 4.69) is 21.2 Å². The minimum Gasteiger partial charge on any atom is -0.354 e. The maximum atomic E-state index is 14.0. The Kier molecular flexibility index (Phi) is 10.6. The molecule has 0 aliphatic carbocycles. The quantitative estimate of drug-likeness (QED) is 0.289. The first-order chi connectivity index (χ1) is 18.4. The Balaban J connectivity index is 2.04. The standard InChI is InChI=1S/C29H33BrClN3O4S/c1-20(2)17-32-29(36)22(4)33(18-23-13-15-24(30)16-14-23)28(35)19-34(27-12-8-11-26(31)21(27)3)39(37,38)25-9-6-5-7-10-25/h5-16,20,22H,17-19H2,1-4H3,(H,32,36)/t22-/m0/s1. The Hall–Kier alpha value is -2.88. The highest BCUT2D eigenvalue weighted by Crippen LogP contribution is 2.31. The maximum Gasteiger partial charge on any atom is 0.264 e. The number of carbonyl (C=O) groups is 2. The van der Waals surface area contributed by atoms with E-state index in [4.69, 9.17) is 11.6 Å². The van der Waals surface area contributed by atoms with Gasteiger partial charge in [0, 0.05) is 22.6 Å².